The highest BCUT2D eigenvalue weighted by molar-refractivity contribution is 4.61. The maximum atomic E-state index is 5.70. The summed E-state index contributed by atoms with van der Waals surface area (Å²) in [6.45, 7) is 4.90. The maximum Gasteiger partial charge on any atom is 0.0833 e. The summed E-state index contributed by atoms with van der Waals surface area (Å²) in [4.78, 5) is 4.92. The summed E-state index contributed by atoms with van der Waals surface area (Å²) < 4.78 is 0. The summed E-state index contributed by atoms with van der Waals surface area (Å²) in [7, 11) is 1.74. The second kappa shape index (κ2) is 5.65. The van der Waals surface area contributed by atoms with E-state index in [1.54, 1.807) is 7.05 Å². The van der Waals surface area contributed by atoms with Crippen LogP contribution in [0.2, 0.25) is 0 Å². The van der Waals surface area contributed by atoms with Gasteiger partial charge < -0.3 is 10.6 Å². The second-order valence-electron chi connectivity index (χ2n) is 2.90. The zero-order valence-corrected chi connectivity index (χ0v) is 7.05. The van der Waals surface area contributed by atoms with E-state index in [4.69, 9.17) is 10.6 Å². The van der Waals surface area contributed by atoms with Gasteiger partial charge in [-0.05, 0) is 12.3 Å². The summed E-state index contributed by atoms with van der Waals surface area (Å²) in [5.41, 5.74) is 8.29. The summed E-state index contributed by atoms with van der Waals surface area (Å²) >= 11 is 0. The van der Waals surface area contributed by atoms with Crippen molar-refractivity contribution in [1.82, 2.24) is 5.48 Å². The predicted octanol–water partition coefficient (Wildman–Crippen LogP) is 0.511. The van der Waals surface area contributed by atoms with Crippen molar-refractivity contribution in [2.24, 2.45) is 11.7 Å². The molecule has 0 radical (unpaired) electrons. The molecule has 0 aliphatic heterocycles. The molecule has 62 valence electrons. The van der Waals surface area contributed by atoms with Gasteiger partial charge in [-0.2, -0.15) is 0 Å². The topological polar surface area (TPSA) is 47.3 Å². The molecule has 10 heavy (non-hydrogen) atoms. The zero-order chi connectivity index (χ0) is 7.98. The summed E-state index contributed by atoms with van der Waals surface area (Å²) in [5.74, 6) is 0.649. The van der Waals surface area contributed by atoms with E-state index in [1.807, 2.05) is 0 Å². The Morgan fingerprint density at radius 2 is 2.10 bits per heavy atom. The monoisotopic (exact) mass is 146 g/mol. The highest BCUT2D eigenvalue weighted by Gasteiger charge is 2.04. The summed E-state index contributed by atoms with van der Waals surface area (Å²) in [6, 6.07) is 0.160. The van der Waals surface area contributed by atoms with Gasteiger partial charge in [-0.3, -0.25) is 0 Å². The maximum absolute atomic E-state index is 5.70. The minimum Gasteiger partial charge on any atom is -0.326 e. The predicted molar refractivity (Wildman–Crippen MR) is 42.4 cm³/mol. The molecule has 0 rings (SSSR count). The van der Waals surface area contributed by atoms with Gasteiger partial charge in [0.1, 0.15) is 0 Å². The molecule has 0 spiro atoms. The number of nitrogens with one attached hydrogen (secondary N) is 1. The number of nitrogens with two attached hydrogens (primary N) is 1. The lowest BCUT2D eigenvalue weighted by Crippen LogP contribution is -2.30. The molecular formula is C7H18N2O. The number of hydrogen-bond acceptors (Lipinski definition) is 3. The fourth-order valence-corrected chi connectivity index (χ4v) is 0.864. The second-order valence-corrected chi connectivity index (χ2v) is 2.90. The molecule has 0 aromatic rings. The molecule has 0 bridgehead atoms. The van der Waals surface area contributed by atoms with Gasteiger partial charge in [0.2, 0.25) is 0 Å². The van der Waals surface area contributed by atoms with Crippen molar-refractivity contribution in [3.8, 4) is 0 Å². The zero-order valence-electron chi connectivity index (χ0n) is 7.05. The number of hydroxylamine groups is 1. The Balaban J connectivity index is 3.16. The highest BCUT2D eigenvalue weighted by atomic mass is 16.6. The van der Waals surface area contributed by atoms with Crippen LogP contribution in [-0.4, -0.2) is 19.7 Å². The first-order valence-electron chi connectivity index (χ1n) is 3.71. The molecule has 0 fully saturated rings. The third kappa shape index (κ3) is 6.01. The van der Waals surface area contributed by atoms with Gasteiger partial charge in [0.15, 0.2) is 0 Å². The molecule has 3 nitrogen and oxygen atoms in total. The molecule has 1 unspecified atom stereocenters. The smallest absolute Gasteiger partial charge is 0.0833 e. The van der Waals surface area contributed by atoms with Crippen molar-refractivity contribution in [1.29, 1.82) is 0 Å². The standard InChI is InChI=1S/C7H18N2O/c1-6(2)4-7(8)5-10-9-3/h6-7,9H,4-5,8H2,1-3H3. The van der Waals surface area contributed by atoms with Crippen LogP contribution in [0.1, 0.15) is 20.3 Å². The summed E-state index contributed by atoms with van der Waals surface area (Å²) in [5, 5.41) is 0. The first kappa shape index (κ1) is 9.88. The Bertz CT molecular complexity index is 76.0. The molecule has 0 aliphatic rings. The van der Waals surface area contributed by atoms with E-state index in [2.05, 4.69) is 19.3 Å². The third-order valence-corrected chi connectivity index (χ3v) is 1.22. The van der Waals surface area contributed by atoms with Crippen molar-refractivity contribution >= 4 is 0 Å². The van der Waals surface area contributed by atoms with Crippen LogP contribution >= 0.6 is 0 Å². The normalized spacial score (nSPS) is 14.1. The average molecular weight is 146 g/mol. The van der Waals surface area contributed by atoms with Crippen molar-refractivity contribution in [2.45, 2.75) is 26.3 Å². The molecule has 0 saturated heterocycles. The number of hydrogen-bond donors (Lipinski definition) is 2. The van der Waals surface area contributed by atoms with E-state index < -0.39 is 0 Å². The van der Waals surface area contributed by atoms with Crippen molar-refractivity contribution in [3.63, 3.8) is 0 Å². The molecule has 0 aromatic heterocycles. The summed E-state index contributed by atoms with van der Waals surface area (Å²) in [6.07, 6.45) is 1.02. The van der Waals surface area contributed by atoms with Crippen molar-refractivity contribution in [2.75, 3.05) is 13.7 Å². The molecule has 3 heteroatoms. The molecule has 0 heterocycles. The van der Waals surface area contributed by atoms with E-state index in [0.717, 1.165) is 6.42 Å². The van der Waals surface area contributed by atoms with E-state index >= 15 is 0 Å². The van der Waals surface area contributed by atoms with Crippen molar-refractivity contribution in [3.05, 3.63) is 0 Å². The third-order valence-electron chi connectivity index (χ3n) is 1.22. The Morgan fingerprint density at radius 1 is 1.50 bits per heavy atom. The lowest BCUT2D eigenvalue weighted by molar-refractivity contribution is 0.0448. The van der Waals surface area contributed by atoms with Crippen LogP contribution in [0, 0.1) is 5.92 Å². The van der Waals surface area contributed by atoms with Gasteiger partial charge in [0, 0.05) is 13.1 Å². The fourth-order valence-electron chi connectivity index (χ4n) is 0.864. The van der Waals surface area contributed by atoms with E-state index in [0.29, 0.717) is 12.5 Å². The SMILES string of the molecule is CNOCC(N)CC(C)C. The van der Waals surface area contributed by atoms with E-state index in [1.165, 1.54) is 0 Å². The van der Waals surface area contributed by atoms with Gasteiger partial charge in [-0.25, -0.2) is 5.48 Å². The molecule has 0 saturated carbocycles. The highest BCUT2D eigenvalue weighted by Crippen LogP contribution is 2.01. The van der Waals surface area contributed by atoms with Gasteiger partial charge in [0.05, 0.1) is 6.61 Å². The van der Waals surface area contributed by atoms with Gasteiger partial charge >= 0.3 is 0 Å². The fraction of sp³-hybridized carbons (Fsp3) is 1.00. The minimum absolute atomic E-state index is 0.160. The van der Waals surface area contributed by atoms with Crippen LogP contribution in [-0.2, 0) is 4.84 Å². The molecule has 0 aromatic carbocycles. The molecule has 1 atom stereocenters. The first-order valence-corrected chi connectivity index (χ1v) is 3.71. The Hall–Kier alpha value is -0.120. The molecule has 0 amide bonds. The van der Waals surface area contributed by atoms with Crippen LogP contribution in [0.15, 0.2) is 0 Å². The van der Waals surface area contributed by atoms with E-state index in [9.17, 15) is 0 Å². The molecule has 3 N–H and O–H groups in total. The van der Waals surface area contributed by atoms with Crippen molar-refractivity contribution < 1.29 is 4.84 Å². The molecular weight excluding hydrogens is 128 g/mol. The molecule has 0 aliphatic carbocycles. The van der Waals surface area contributed by atoms with Gasteiger partial charge in [0.25, 0.3) is 0 Å². The van der Waals surface area contributed by atoms with Crippen LogP contribution in [0.25, 0.3) is 0 Å². The average Bonchev–Trinajstić information content (AvgIpc) is 1.82. The largest absolute Gasteiger partial charge is 0.326 e. The van der Waals surface area contributed by atoms with Gasteiger partial charge in [-0.15, -0.1) is 0 Å². The first-order chi connectivity index (χ1) is 4.66. The Labute approximate surface area is 62.9 Å². The van der Waals surface area contributed by atoms with Crippen LogP contribution in [0.3, 0.4) is 0 Å². The van der Waals surface area contributed by atoms with Crippen LogP contribution in [0.4, 0.5) is 0 Å². The Kier molecular flexibility index (Phi) is 5.58. The quantitative estimate of drug-likeness (QED) is 0.556. The van der Waals surface area contributed by atoms with Gasteiger partial charge in [-0.1, -0.05) is 13.8 Å². The lowest BCUT2D eigenvalue weighted by Gasteiger charge is -2.12. The van der Waals surface area contributed by atoms with Crippen LogP contribution in [0.5, 0.6) is 0 Å². The minimum atomic E-state index is 0.160. The Morgan fingerprint density at radius 3 is 2.50 bits per heavy atom. The van der Waals surface area contributed by atoms with Crippen LogP contribution < -0.4 is 11.2 Å². The van der Waals surface area contributed by atoms with E-state index in [-0.39, 0.29) is 6.04 Å². The lowest BCUT2D eigenvalue weighted by atomic mass is 10.1. The number of rotatable bonds is 5.